The van der Waals surface area contributed by atoms with E-state index in [1.807, 2.05) is 6.20 Å². The smallest absolute Gasteiger partial charge is 0.114 e. The van der Waals surface area contributed by atoms with E-state index in [1.54, 1.807) is 23.1 Å². The molecule has 0 spiro atoms. The number of hydrogen-bond donors (Lipinski definition) is 0. The first-order valence-corrected chi connectivity index (χ1v) is 7.55. The summed E-state index contributed by atoms with van der Waals surface area (Å²) in [5.41, 5.74) is 0. The van der Waals surface area contributed by atoms with Crippen LogP contribution in [0.3, 0.4) is 0 Å². The number of thioether (sulfide) groups is 1. The molecular weight excluding hydrogens is 314 g/mol. The van der Waals surface area contributed by atoms with Crippen LogP contribution in [0.15, 0.2) is 27.1 Å². The molecule has 0 aliphatic heterocycles. The molecule has 0 saturated heterocycles. The lowest BCUT2D eigenvalue weighted by Crippen LogP contribution is -1.97. The minimum Gasteiger partial charge on any atom is -0.247 e. The Bertz CT molecular complexity index is 471. The highest BCUT2D eigenvalue weighted by atomic mass is 79.9. The Morgan fingerprint density at radius 3 is 3.20 bits per heavy atom. The fourth-order valence-corrected chi connectivity index (χ4v) is 3.83. The number of aromatic nitrogens is 1. The van der Waals surface area contributed by atoms with Crippen molar-refractivity contribution in [3.63, 3.8) is 0 Å². The van der Waals surface area contributed by atoms with Crippen LogP contribution in [0, 0.1) is 0 Å². The van der Waals surface area contributed by atoms with Gasteiger partial charge in [0.15, 0.2) is 0 Å². The van der Waals surface area contributed by atoms with E-state index >= 15 is 0 Å². The second-order valence-electron chi connectivity index (χ2n) is 3.16. The van der Waals surface area contributed by atoms with Crippen LogP contribution in [0.25, 0.3) is 10.1 Å². The van der Waals surface area contributed by atoms with Crippen molar-refractivity contribution in [1.82, 2.24) is 4.98 Å². The summed E-state index contributed by atoms with van der Waals surface area (Å²) in [6, 6.07) is 2.11. The molecule has 0 aliphatic carbocycles. The van der Waals surface area contributed by atoms with Crippen LogP contribution in [-0.2, 0) is 0 Å². The van der Waals surface area contributed by atoms with Gasteiger partial charge in [-0.1, -0.05) is 6.92 Å². The molecule has 0 aliphatic rings. The fraction of sp³-hybridized carbons (Fsp3) is 0.300. The molecule has 1 nitrogen and oxygen atoms in total. The number of fused-ring (bicyclic) bond motifs is 1. The molecule has 80 valence electrons. The standard InChI is InChI=1S/C10H9BrClNS2/c1-6(4-12)15-10-9-7(2-3-14-9)8(11)5-13-10/h2-3,5-6H,4H2,1H3. The summed E-state index contributed by atoms with van der Waals surface area (Å²) in [6.07, 6.45) is 1.86. The minimum absolute atomic E-state index is 0.394. The highest BCUT2D eigenvalue weighted by Gasteiger charge is 2.10. The second kappa shape index (κ2) is 5.04. The van der Waals surface area contributed by atoms with E-state index in [-0.39, 0.29) is 0 Å². The predicted octanol–water partition coefficient (Wildman–Crippen LogP) is 4.78. The molecule has 0 bridgehead atoms. The SMILES string of the molecule is CC(CCl)Sc1ncc(Br)c2ccsc12. The first-order chi connectivity index (χ1) is 7.22. The Morgan fingerprint density at radius 2 is 2.47 bits per heavy atom. The highest BCUT2D eigenvalue weighted by molar-refractivity contribution is 9.10. The summed E-state index contributed by atoms with van der Waals surface area (Å²) < 4.78 is 2.30. The van der Waals surface area contributed by atoms with Gasteiger partial charge in [-0.25, -0.2) is 4.98 Å². The van der Waals surface area contributed by atoms with Crippen molar-refractivity contribution in [3.05, 3.63) is 22.1 Å². The molecule has 0 fully saturated rings. The van der Waals surface area contributed by atoms with E-state index < -0.39 is 0 Å². The molecule has 0 amide bonds. The molecule has 0 aromatic carbocycles. The number of hydrogen-bond acceptors (Lipinski definition) is 3. The highest BCUT2D eigenvalue weighted by Crippen LogP contribution is 2.36. The predicted molar refractivity (Wildman–Crippen MR) is 73.4 cm³/mol. The monoisotopic (exact) mass is 321 g/mol. The fourth-order valence-electron chi connectivity index (χ4n) is 1.21. The van der Waals surface area contributed by atoms with Crippen LogP contribution in [0.4, 0.5) is 0 Å². The largest absolute Gasteiger partial charge is 0.247 e. The van der Waals surface area contributed by atoms with E-state index in [0.29, 0.717) is 11.1 Å². The third-order valence-corrected chi connectivity index (χ3v) is 5.37. The van der Waals surface area contributed by atoms with Crippen molar-refractivity contribution < 1.29 is 0 Å². The molecule has 1 atom stereocenters. The number of nitrogens with zero attached hydrogens (tertiary/aromatic N) is 1. The topological polar surface area (TPSA) is 12.9 Å². The summed E-state index contributed by atoms with van der Waals surface area (Å²) in [4.78, 5) is 4.43. The third-order valence-electron chi connectivity index (χ3n) is 1.94. The Labute approximate surface area is 110 Å². The summed E-state index contributed by atoms with van der Waals surface area (Å²) in [6.45, 7) is 2.11. The number of halogens is 2. The van der Waals surface area contributed by atoms with Gasteiger partial charge in [0.1, 0.15) is 5.03 Å². The average molecular weight is 323 g/mol. The van der Waals surface area contributed by atoms with Crippen molar-refractivity contribution in [3.8, 4) is 0 Å². The van der Waals surface area contributed by atoms with E-state index in [9.17, 15) is 0 Å². The van der Waals surface area contributed by atoms with Gasteiger partial charge < -0.3 is 0 Å². The van der Waals surface area contributed by atoms with Gasteiger partial charge in [0.2, 0.25) is 0 Å². The molecule has 0 saturated carbocycles. The molecule has 2 aromatic heterocycles. The lowest BCUT2D eigenvalue weighted by Gasteiger charge is -2.07. The van der Waals surface area contributed by atoms with E-state index in [4.69, 9.17) is 11.6 Å². The Balaban J connectivity index is 2.43. The summed E-state index contributed by atoms with van der Waals surface area (Å²) >= 11 is 12.8. The number of pyridine rings is 1. The van der Waals surface area contributed by atoms with Crippen LogP contribution >= 0.6 is 50.6 Å². The van der Waals surface area contributed by atoms with Crippen molar-refractivity contribution in [2.45, 2.75) is 17.2 Å². The molecule has 15 heavy (non-hydrogen) atoms. The van der Waals surface area contributed by atoms with Crippen LogP contribution < -0.4 is 0 Å². The lowest BCUT2D eigenvalue weighted by molar-refractivity contribution is 1.09. The third kappa shape index (κ3) is 2.49. The summed E-state index contributed by atoms with van der Waals surface area (Å²) in [5, 5.41) is 4.80. The van der Waals surface area contributed by atoms with Gasteiger partial charge in [-0.05, 0) is 27.4 Å². The van der Waals surface area contributed by atoms with Crippen molar-refractivity contribution >= 4 is 60.7 Å². The zero-order chi connectivity index (χ0) is 10.8. The van der Waals surface area contributed by atoms with Crippen LogP contribution in [-0.4, -0.2) is 16.1 Å². The van der Waals surface area contributed by atoms with Gasteiger partial charge in [0.25, 0.3) is 0 Å². The zero-order valence-corrected chi connectivity index (χ0v) is 12.0. The van der Waals surface area contributed by atoms with E-state index in [0.717, 1.165) is 9.50 Å². The van der Waals surface area contributed by atoms with E-state index in [2.05, 4.69) is 39.3 Å². The van der Waals surface area contributed by atoms with Gasteiger partial charge in [-0.3, -0.25) is 0 Å². The molecule has 0 radical (unpaired) electrons. The maximum absolute atomic E-state index is 5.80. The zero-order valence-electron chi connectivity index (χ0n) is 8.04. The molecule has 2 rings (SSSR count). The van der Waals surface area contributed by atoms with Crippen molar-refractivity contribution in [1.29, 1.82) is 0 Å². The first kappa shape index (κ1) is 11.7. The van der Waals surface area contributed by atoms with Crippen LogP contribution in [0.1, 0.15) is 6.92 Å². The van der Waals surface area contributed by atoms with Gasteiger partial charge >= 0.3 is 0 Å². The normalized spacial score (nSPS) is 13.3. The van der Waals surface area contributed by atoms with Gasteiger partial charge in [0.05, 0.1) is 4.70 Å². The molecule has 2 heterocycles. The van der Waals surface area contributed by atoms with Crippen LogP contribution in [0.2, 0.25) is 0 Å². The maximum Gasteiger partial charge on any atom is 0.114 e. The maximum atomic E-state index is 5.80. The van der Waals surface area contributed by atoms with Gasteiger partial charge in [-0.15, -0.1) is 34.7 Å². The van der Waals surface area contributed by atoms with Crippen molar-refractivity contribution in [2.24, 2.45) is 0 Å². The summed E-state index contributed by atoms with van der Waals surface area (Å²) in [5.74, 6) is 0.648. The van der Waals surface area contributed by atoms with E-state index in [1.165, 1.54) is 10.1 Å². The Kier molecular flexibility index (Phi) is 3.93. The Morgan fingerprint density at radius 1 is 1.67 bits per heavy atom. The quantitative estimate of drug-likeness (QED) is 0.596. The molecular formula is C10H9BrClNS2. The molecule has 5 heteroatoms. The lowest BCUT2D eigenvalue weighted by atomic mass is 10.3. The first-order valence-electron chi connectivity index (χ1n) is 4.46. The molecule has 1 unspecified atom stereocenters. The number of thiophene rings is 1. The number of rotatable bonds is 3. The van der Waals surface area contributed by atoms with Crippen LogP contribution in [0.5, 0.6) is 0 Å². The van der Waals surface area contributed by atoms with Crippen molar-refractivity contribution in [2.75, 3.05) is 5.88 Å². The van der Waals surface area contributed by atoms with Gasteiger partial charge in [-0.2, -0.15) is 0 Å². The summed E-state index contributed by atoms with van der Waals surface area (Å²) in [7, 11) is 0. The second-order valence-corrected chi connectivity index (χ2v) is 6.66. The minimum atomic E-state index is 0.394. The number of alkyl halides is 1. The average Bonchev–Trinajstić information content (AvgIpc) is 2.71. The molecule has 0 N–H and O–H groups in total. The molecule has 2 aromatic rings. The Hall–Kier alpha value is 0.230. The van der Waals surface area contributed by atoms with Gasteiger partial charge in [0, 0.05) is 27.2 Å².